The molecule has 0 radical (unpaired) electrons. The van der Waals surface area contributed by atoms with Crippen LogP contribution in [0.3, 0.4) is 0 Å². The third-order valence-electron chi connectivity index (χ3n) is 2.57. The fourth-order valence-corrected chi connectivity index (χ4v) is 1.52. The molecule has 0 fully saturated rings. The molecule has 1 aliphatic rings. The van der Waals surface area contributed by atoms with Crippen molar-refractivity contribution < 1.29 is 4.79 Å². The molecular weight excluding hydrogens is 124 g/mol. The van der Waals surface area contributed by atoms with Crippen LogP contribution in [-0.4, -0.2) is 6.29 Å². The number of carbonyl (C=O) groups is 1. The van der Waals surface area contributed by atoms with Gasteiger partial charge in [-0.15, -0.1) is 0 Å². The molecule has 0 amide bonds. The number of allylic oxidation sites excluding steroid dienone is 2. The third-order valence-corrected chi connectivity index (χ3v) is 2.57. The fraction of sp³-hybridized carbons (Fsp3) is 0.667. The standard InChI is InChI=1S/C9H14O/c1-7-3-4-9(5-6-10)8(7)2/h3,6,8-9H,4-5H2,1-2H3. The zero-order valence-corrected chi connectivity index (χ0v) is 6.63. The molecule has 0 spiro atoms. The number of aldehydes is 1. The van der Waals surface area contributed by atoms with Gasteiger partial charge in [-0.25, -0.2) is 0 Å². The predicted molar refractivity (Wildman–Crippen MR) is 41.7 cm³/mol. The van der Waals surface area contributed by atoms with Crippen LogP contribution in [0, 0.1) is 11.8 Å². The molecule has 0 heterocycles. The van der Waals surface area contributed by atoms with Gasteiger partial charge in [0.05, 0.1) is 0 Å². The number of carbonyl (C=O) groups excluding carboxylic acids is 1. The van der Waals surface area contributed by atoms with Crippen LogP contribution in [0.4, 0.5) is 0 Å². The summed E-state index contributed by atoms with van der Waals surface area (Å²) in [5.41, 5.74) is 1.45. The molecule has 1 rings (SSSR count). The van der Waals surface area contributed by atoms with Crippen molar-refractivity contribution in [1.82, 2.24) is 0 Å². The molecule has 0 saturated heterocycles. The van der Waals surface area contributed by atoms with Crippen molar-refractivity contribution in [3.05, 3.63) is 11.6 Å². The second-order valence-electron chi connectivity index (χ2n) is 3.13. The summed E-state index contributed by atoms with van der Waals surface area (Å²) in [6.45, 7) is 4.35. The normalized spacial score (nSPS) is 32.0. The summed E-state index contributed by atoms with van der Waals surface area (Å²) in [5, 5.41) is 0. The maximum absolute atomic E-state index is 10.2. The summed E-state index contributed by atoms with van der Waals surface area (Å²) in [7, 11) is 0. The summed E-state index contributed by atoms with van der Waals surface area (Å²) in [6.07, 6.45) is 5.12. The second-order valence-corrected chi connectivity index (χ2v) is 3.13. The van der Waals surface area contributed by atoms with E-state index in [9.17, 15) is 4.79 Å². The van der Waals surface area contributed by atoms with Crippen molar-refractivity contribution in [3.8, 4) is 0 Å². The molecular formula is C9H14O. The molecule has 0 aromatic carbocycles. The highest BCUT2D eigenvalue weighted by atomic mass is 16.1. The van der Waals surface area contributed by atoms with Crippen molar-refractivity contribution in [2.45, 2.75) is 26.7 Å². The van der Waals surface area contributed by atoms with Gasteiger partial charge in [-0.1, -0.05) is 18.6 Å². The van der Waals surface area contributed by atoms with Gasteiger partial charge < -0.3 is 4.79 Å². The smallest absolute Gasteiger partial charge is 0.120 e. The quantitative estimate of drug-likeness (QED) is 0.422. The Morgan fingerprint density at radius 1 is 1.80 bits per heavy atom. The van der Waals surface area contributed by atoms with E-state index in [-0.39, 0.29) is 0 Å². The third kappa shape index (κ3) is 1.28. The summed E-state index contributed by atoms with van der Waals surface area (Å²) in [6, 6.07) is 0. The van der Waals surface area contributed by atoms with E-state index in [1.54, 1.807) is 0 Å². The zero-order valence-electron chi connectivity index (χ0n) is 6.63. The molecule has 10 heavy (non-hydrogen) atoms. The Hall–Kier alpha value is -0.590. The van der Waals surface area contributed by atoms with Crippen LogP contribution in [0.15, 0.2) is 11.6 Å². The fourth-order valence-electron chi connectivity index (χ4n) is 1.52. The molecule has 1 aliphatic carbocycles. The molecule has 0 aliphatic heterocycles. The van der Waals surface area contributed by atoms with Crippen LogP contribution < -0.4 is 0 Å². The Labute approximate surface area is 62.1 Å². The minimum atomic E-state index is 0.595. The molecule has 0 aromatic heterocycles. The van der Waals surface area contributed by atoms with Crippen LogP contribution in [0.5, 0.6) is 0 Å². The Kier molecular flexibility index (Phi) is 2.25. The van der Waals surface area contributed by atoms with Crippen LogP contribution >= 0.6 is 0 Å². The molecule has 0 aromatic rings. The monoisotopic (exact) mass is 138 g/mol. The van der Waals surface area contributed by atoms with Gasteiger partial charge in [-0.2, -0.15) is 0 Å². The summed E-state index contributed by atoms with van der Waals surface area (Å²) < 4.78 is 0. The van der Waals surface area contributed by atoms with E-state index in [0.717, 1.165) is 19.1 Å². The van der Waals surface area contributed by atoms with Crippen molar-refractivity contribution >= 4 is 6.29 Å². The van der Waals surface area contributed by atoms with E-state index in [0.29, 0.717) is 11.8 Å². The lowest BCUT2D eigenvalue weighted by Crippen LogP contribution is -2.06. The first-order valence-electron chi connectivity index (χ1n) is 3.86. The molecule has 1 heteroatoms. The molecule has 2 unspecified atom stereocenters. The van der Waals surface area contributed by atoms with Gasteiger partial charge in [0.1, 0.15) is 6.29 Å². The summed E-state index contributed by atoms with van der Waals surface area (Å²) >= 11 is 0. The van der Waals surface area contributed by atoms with E-state index in [4.69, 9.17) is 0 Å². The second kappa shape index (κ2) is 3.00. The van der Waals surface area contributed by atoms with Gasteiger partial charge in [-0.05, 0) is 25.2 Å². The average molecular weight is 138 g/mol. The molecule has 56 valence electrons. The SMILES string of the molecule is CC1=CCC(CC=O)C1C. The maximum Gasteiger partial charge on any atom is 0.120 e. The Bertz CT molecular complexity index is 158. The number of rotatable bonds is 2. The lowest BCUT2D eigenvalue weighted by molar-refractivity contribution is -0.108. The van der Waals surface area contributed by atoms with Crippen molar-refractivity contribution in [1.29, 1.82) is 0 Å². The van der Waals surface area contributed by atoms with Crippen molar-refractivity contribution in [2.75, 3.05) is 0 Å². The highest BCUT2D eigenvalue weighted by Crippen LogP contribution is 2.32. The predicted octanol–water partition coefficient (Wildman–Crippen LogP) is 2.18. The minimum absolute atomic E-state index is 0.595. The van der Waals surface area contributed by atoms with Crippen molar-refractivity contribution in [3.63, 3.8) is 0 Å². The van der Waals surface area contributed by atoms with E-state index in [1.807, 2.05) is 0 Å². The summed E-state index contributed by atoms with van der Waals surface area (Å²) in [5.74, 6) is 1.22. The van der Waals surface area contributed by atoms with Gasteiger partial charge in [0.25, 0.3) is 0 Å². The lowest BCUT2D eigenvalue weighted by atomic mass is 9.91. The summed E-state index contributed by atoms with van der Waals surface area (Å²) in [4.78, 5) is 10.2. The molecule has 2 atom stereocenters. The topological polar surface area (TPSA) is 17.1 Å². The first kappa shape index (κ1) is 7.52. The van der Waals surface area contributed by atoms with Crippen molar-refractivity contribution in [2.24, 2.45) is 11.8 Å². The van der Waals surface area contributed by atoms with E-state index in [1.165, 1.54) is 5.57 Å². The highest BCUT2D eigenvalue weighted by Gasteiger charge is 2.22. The van der Waals surface area contributed by atoms with E-state index < -0.39 is 0 Å². The zero-order chi connectivity index (χ0) is 7.56. The minimum Gasteiger partial charge on any atom is -0.303 e. The van der Waals surface area contributed by atoms with Crippen LogP contribution in [0.1, 0.15) is 26.7 Å². The molecule has 0 N–H and O–H groups in total. The van der Waals surface area contributed by atoms with Gasteiger partial charge in [-0.3, -0.25) is 0 Å². The van der Waals surface area contributed by atoms with Crippen LogP contribution in [0.2, 0.25) is 0 Å². The number of hydrogen-bond acceptors (Lipinski definition) is 1. The molecule has 1 nitrogen and oxygen atoms in total. The van der Waals surface area contributed by atoms with Crippen LogP contribution in [-0.2, 0) is 4.79 Å². The first-order chi connectivity index (χ1) is 4.75. The first-order valence-corrected chi connectivity index (χ1v) is 3.86. The van der Waals surface area contributed by atoms with Crippen LogP contribution in [0.25, 0.3) is 0 Å². The molecule has 0 saturated carbocycles. The Morgan fingerprint density at radius 3 is 2.90 bits per heavy atom. The largest absolute Gasteiger partial charge is 0.303 e. The molecule has 0 bridgehead atoms. The highest BCUT2D eigenvalue weighted by molar-refractivity contribution is 5.50. The lowest BCUT2D eigenvalue weighted by Gasteiger charge is -2.13. The van der Waals surface area contributed by atoms with Gasteiger partial charge in [0.2, 0.25) is 0 Å². The van der Waals surface area contributed by atoms with Gasteiger partial charge >= 0.3 is 0 Å². The van der Waals surface area contributed by atoms with Gasteiger partial charge in [0, 0.05) is 6.42 Å². The Morgan fingerprint density at radius 2 is 2.50 bits per heavy atom. The Balaban J connectivity index is 2.47. The van der Waals surface area contributed by atoms with E-state index in [2.05, 4.69) is 19.9 Å². The maximum atomic E-state index is 10.2. The average Bonchev–Trinajstić information content (AvgIpc) is 2.20. The van der Waals surface area contributed by atoms with Gasteiger partial charge in [0.15, 0.2) is 0 Å². The number of hydrogen-bond donors (Lipinski definition) is 0. The van der Waals surface area contributed by atoms with E-state index >= 15 is 0 Å².